The Balaban J connectivity index is 3.18. The number of phenols is 1. The number of halogens is 3. The molecule has 0 atom stereocenters. The van der Waals surface area contributed by atoms with Gasteiger partial charge in [0.25, 0.3) is 0 Å². The Kier molecular flexibility index (Phi) is 2.52. The second kappa shape index (κ2) is 3.30. The van der Waals surface area contributed by atoms with E-state index in [9.17, 15) is 13.6 Å². The minimum atomic E-state index is -3.56. The van der Waals surface area contributed by atoms with Crippen molar-refractivity contribution >= 4 is 17.9 Å². The van der Waals surface area contributed by atoms with Crippen LogP contribution in [0.15, 0.2) is 18.2 Å². The number of rotatable bonds is 2. The predicted molar refractivity (Wildman–Crippen MR) is 43.1 cm³/mol. The van der Waals surface area contributed by atoms with E-state index in [-0.39, 0.29) is 10.8 Å². The molecule has 0 aliphatic rings. The van der Waals surface area contributed by atoms with Crippen LogP contribution in [0.1, 0.15) is 5.56 Å². The van der Waals surface area contributed by atoms with Gasteiger partial charge in [-0.3, -0.25) is 4.79 Å². The minimum Gasteiger partial charge on any atom is -0.506 e. The summed E-state index contributed by atoms with van der Waals surface area (Å²) in [7, 11) is 0. The predicted octanol–water partition coefficient (Wildman–Crippen LogP) is 2.34. The van der Waals surface area contributed by atoms with Crippen molar-refractivity contribution < 1.29 is 18.7 Å². The average Bonchev–Trinajstić information content (AvgIpc) is 2.09. The molecule has 1 rings (SSSR count). The molecular formula is C8H5ClF2O2. The zero-order valence-corrected chi connectivity index (χ0v) is 7.05. The highest BCUT2D eigenvalue weighted by atomic mass is 35.5. The fourth-order valence-electron chi connectivity index (χ4n) is 0.782. The summed E-state index contributed by atoms with van der Waals surface area (Å²) in [6, 6.07) is 2.80. The number of phenolic OH excluding ortho intramolecular Hbond substituents is 1. The van der Waals surface area contributed by atoms with Gasteiger partial charge in [0, 0.05) is 5.56 Å². The third-order valence-electron chi connectivity index (χ3n) is 1.48. The fraction of sp³-hybridized carbons (Fsp3) is 0.125. The zero-order chi connectivity index (χ0) is 10.1. The number of hydrogen-bond donors (Lipinski definition) is 1. The standard InChI is InChI=1S/C8H5ClF2O2/c9-6-3-5(1-2-7(6)13)8(10,11)4-12/h1-4,13H. The van der Waals surface area contributed by atoms with Gasteiger partial charge in [0.15, 0.2) is 6.29 Å². The highest BCUT2D eigenvalue weighted by molar-refractivity contribution is 6.32. The molecule has 0 aromatic heterocycles. The lowest BCUT2D eigenvalue weighted by Crippen LogP contribution is -2.14. The van der Waals surface area contributed by atoms with E-state index < -0.39 is 17.8 Å². The van der Waals surface area contributed by atoms with Gasteiger partial charge >= 0.3 is 5.92 Å². The van der Waals surface area contributed by atoms with Crippen LogP contribution in [0.5, 0.6) is 5.75 Å². The minimum absolute atomic E-state index is 0.209. The zero-order valence-electron chi connectivity index (χ0n) is 6.30. The molecule has 0 heterocycles. The molecule has 0 saturated heterocycles. The quantitative estimate of drug-likeness (QED) is 0.754. The van der Waals surface area contributed by atoms with Crippen LogP contribution in [0.25, 0.3) is 0 Å². The summed E-state index contributed by atoms with van der Waals surface area (Å²) < 4.78 is 25.4. The summed E-state index contributed by atoms with van der Waals surface area (Å²) in [6.45, 7) is 0. The Hall–Kier alpha value is -1.16. The van der Waals surface area contributed by atoms with Crippen LogP contribution in [0.4, 0.5) is 8.78 Å². The lowest BCUT2D eigenvalue weighted by molar-refractivity contribution is -0.130. The normalized spacial score (nSPS) is 11.3. The van der Waals surface area contributed by atoms with Gasteiger partial charge in [-0.25, -0.2) is 0 Å². The van der Waals surface area contributed by atoms with Crippen molar-refractivity contribution in [3.8, 4) is 5.75 Å². The van der Waals surface area contributed by atoms with E-state index >= 15 is 0 Å². The van der Waals surface area contributed by atoms with E-state index in [2.05, 4.69) is 0 Å². The number of aromatic hydroxyl groups is 1. The lowest BCUT2D eigenvalue weighted by Gasteiger charge is -2.09. The molecule has 1 aromatic rings. The lowest BCUT2D eigenvalue weighted by atomic mass is 10.1. The molecule has 0 radical (unpaired) electrons. The van der Waals surface area contributed by atoms with Crippen LogP contribution in [0, 0.1) is 0 Å². The molecule has 5 heteroatoms. The number of carbonyl (C=O) groups is 1. The molecular weight excluding hydrogens is 202 g/mol. The van der Waals surface area contributed by atoms with E-state index in [4.69, 9.17) is 16.7 Å². The van der Waals surface area contributed by atoms with E-state index in [1.54, 1.807) is 0 Å². The largest absolute Gasteiger partial charge is 0.506 e. The number of benzene rings is 1. The number of hydrogen-bond acceptors (Lipinski definition) is 2. The van der Waals surface area contributed by atoms with E-state index in [0.29, 0.717) is 0 Å². The first-order chi connectivity index (χ1) is 5.97. The Labute approximate surface area is 77.8 Å². The molecule has 0 amide bonds. The number of carbonyl (C=O) groups excluding carboxylic acids is 1. The molecule has 1 N–H and O–H groups in total. The molecule has 2 nitrogen and oxygen atoms in total. The highest BCUT2D eigenvalue weighted by Gasteiger charge is 2.31. The number of alkyl halides is 2. The van der Waals surface area contributed by atoms with Gasteiger partial charge in [-0.15, -0.1) is 0 Å². The van der Waals surface area contributed by atoms with Crippen molar-refractivity contribution in [1.82, 2.24) is 0 Å². The Morgan fingerprint density at radius 1 is 1.46 bits per heavy atom. The monoisotopic (exact) mass is 206 g/mol. The van der Waals surface area contributed by atoms with Crippen molar-refractivity contribution in [3.63, 3.8) is 0 Å². The van der Waals surface area contributed by atoms with Crippen molar-refractivity contribution in [1.29, 1.82) is 0 Å². The van der Waals surface area contributed by atoms with Crippen molar-refractivity contribution in [2.24, 2.45) is 0 Å². The van der Waals surface area contributed by atoms with E-state index in [0.717, 1.165) is 18.2 Å². The first-order valence-corrected chi connectivity index (χ1v) is 3.68. The maximum absolute atomic E-state index is 12.7. The first kappa shape index (κ1) is 9.92. The van der Waals surface area contributed by atoms with Gasteiger partial charge in [0.05, 0.1) is 5.02 Å². The van der Waals surface area contributed by atoms with Crippen LogP contribution < -0.4 is 0 Å². The molecule has 0 aliphatic carbocycles. The van der Waals surface area contributed by atoms with E-state index in [1.807, 2.05) is 0 Å². The maximum Gasteiger partial charge on any atom is 0.327 e. The average molecular weight is 207 g/mol. The van der Waals surface area contributed by atoms with Crippen LogP contribution in [-0.2, 0) is 10.7 Å². The first-order valence-electron chi connectivity index (χ1n) is 3.30. The molecule has 0 spiro atoms. The molecule has 70 valence electrons. The summed E-state index contributed by atoms with van der Waals surface area (Å²) in [5.74, 6) is -3.86. The SMILES string of the molecule is O=CC(F)(F)c1ccc(O)c(Cl)c1. The van der Waals surface area contributed by atoms with Crippen molar-refractivity contribution in [3.05, 3.63) is 28.8 Å². The van der Waals surface area contributed by atoms with E-state index in [1.165, 1.54) is 0 Å². The molecule has 0 saturated carbocycles. The molecule has 0 fully saturated rings. The third-order valence-corrected chi connectivity index (χ3v) is 1.78. The van der Waals surface area contributed by atoms with Crippen molar-refractivity contribution in [2.75, 3.05) is 0 Å². The highest BCUT2D eigenvalue weighted by Crippen LogP contribution is 2.31. The van der Waals surface area contributed by atoms with Gasteiger partial charge in [0.2, 0.25) is 0 Å². The van der Waals surface area contributed by atoms with Crippen LogP contribution in [-0.4, -0.2) is 11.4 Å². The van der Waals surface area contributed by atoms with Gasteiger partial charge in [-0.1, -0.05) is 11.6 Å². The van der Waals surface area contributed by atoms with Gasteiger partial charge < -0.3 is 5.11 Å². The van der Waals surface area contributed by atoms with Crippen LogP contribution in [0.2, 0.25) is 5.02 Å². The topological polar surface area (TPSA) is 37.3 Å². The van der Waals surface area contributed by atoms with Crippen LogP contribution >= 0.6 is 11.6 Å². The second-order valence-electron chi connectivity index (χ2n) is 2.41. The Morgan fingerprint density at radius 2 is 2.08 bits per heavy atom. The summed E-state index contributed by atoms with van der Waals surface area (Å²) in [4.78, 5) is 9.97. The van der Waals surface area contributed by atoms with Crippen molar-refractivity contribution in [2.45, 2.75) is 5.92 Å². The molecule has 13 heavy (non-hydrogen) atoms. The Morgan fingerprint density at radius 3 is 2.54 bits per heavy atom. The summed E-state index contributed by atoms with van der Waals surface area (Å²) in [5, 5.41) is 8.71. The third kappa shape index (κ3) is 1.95. The summed E-state index contributed by atoms with van der Waals surface area (Å²) in [6.07, 6.45) is -0.476. The molecule has 0 aliphatic heterocycles. The molecule has 1 aromatic carbocycles. The Bertz CT molecular complexity index is 339. The summed E-state index contributed by atoms with van der Waals surface area (Å²) >= 11 is 5.38. The maximum atomic E-state index is 12.7. The van der Waals surface area contributed by atoms with Gasteiger partial charge in [0.1, 0.15) is 5.75 Å². The number of aldehydes is 1. The smallest absolute Gasteiger partial charge is 0.327 e. The van der Waals surface area contributed by atoms with Gasteiger partial charge in [-0.05, 0) is 18.2 Å². The summed E-state index contributed by atoms with van der Waals surface area (Å²) in [5.41, 5.74) is -0.537. The van der Waals surface area contributed by atoms with Crippen LogP contribution in [0.3, 0.4) is 0 Å². The second-order valence-corrected chi connectivity index (χ2v) is 2.81. The fourth-order valence-corrected chi connectivity index (χ4v) is 0.963. The molecule has 0 unspecified atom stereocenters. The van der Waals surface area contributed by atoms with Gasteiger partial charge in [-0.2, -0.15) is 8.78 Å². The molecule has 0 bridgehead atoms.